The molecule has 2 aromatic carbocycles. The van der Waals surface area contributed by atoms with Crippen molar-refractivity contribution in [3.63, 3.8) is 0 Å². The summed E-state index contributed by atoms with van der Waals surface area (Å²) in [6.07, 6.45) is 0.359. The minimum absolute atomic E-state index is 0.00472. The summed E-state index contributed by atoms with van der Waals surface area (Å²) in [6, 6.07) is 6.04. The average molecular weight is 426 g/mol. The highest BCUT2D eigenvalue weighted by Gasteiger charge is 2.43. The molecule has 1 aliphatic heterocycles. The van der Waals surface area contributed by atoms with Crippen molar-refractivity contribution in [1.29, 1.82) is 0 Å². The number of aryl methyl sites for hydroxylation is 1. The Bertz CT molecular complexity index is 1050. The lowest BCUT2D eigenvalue weighted by Gasteiger charge is -2.36. The first-order chi connectivity index (χ1) is 13.1. The molecule has 2 atom stereocenters. The smallest absolute Gasteiger partial charge is 0.322 e. The van der Waals surface area contributed by atoms with E-state index in [1.165, 1.54) is 12.1 Å². The maximum absolute atomic E-state index is 14.6. The van der Waals surface area contributed by atoms with E-state index in [1.807, 2.05) is 0 Å². The molecule has 0 saturated carbocycles. The van der Waals surface area contributed by atoms with Gasteiger partial charge in [0, 0.05) is 17.5 Å². The number of sulfonamides is 1. The van der Waals surface area contributed by atoms with Crippen LogP contribution in [0.4, 0.5) is 4.39 Å². The third-order valence-corrected chi connectivity index (χ3v) is 7.64. The van der Waals surface area contributed by atoms with Crippen molar-refractivity contribution in [1.82, 2.24) is 4.31 Å². The summed E-state index contributed by atoms with van der Waals surface area (Å²) in [7, 11) is -4.09. The van der Waals surface area contributed by atoms with Gasteiger partial charge in [0.05, 0.1) is 4.90 Å². The molecule has 28 heavy (non-hydrogen) atoms. The van der Waals surface area contributed by atoms with Crippen LogP contribution in [0.3, 0.4) is 0 Å². The summed E-state index contributed by atoms with van der Waals surface area (Å²) >= 11 is 5.96. The molecule has 1 heterocycles. The predicted octanol–water partition coefficient (Wildman–Crippen LogP) is 3.90. The van der Waals surface area contributed by atoms with Crippen LogP contribution in [0.25, 0.3) is 0 Å². The van der Waals surface area contributed by atoms with Gasteiger partial charge in [0.2, 0.25) is 10.0 Å². The van der Waals surface area contributed by atoms with E-state index in [0.29, 0.717) is 17.5 Å². The standard InChI is InChI=1S/C20H21ClFNO4S/c1-11-4-7-16(22)18(12(11)2)13(3)19(20(24)25)23-9-8-14-5-6-15(21)10-17(14)28(23,26)27/h4-7,10,13,19H,8-9H2,1-3H3,(H,24,25)/t13?,19-/m0/s1. The van der Waals surface area contributed by atoms with Gasteiger partial charge in [0.15, 0.2) is 0 Å². The number of fused-ring (bicyclic) bond motifs is 1. The fraction of sp³-hybridized carbons (Fsp3) is 0.350. The Morgan fingerprint density at radius 1 is 1.25 bits per heavy atom. The molecule has 0 radical (unpaired) electrons. The zero-order valence-electron chi connectivity index (χ0n) is 15.7. The van der Waals surface area contributed by atoms with E-state index in [4.69, 9.17) is 11.6 Å². The van der Waals surface area contributed by atoms with Crippen molar-refractivity contribution >= 4 is 27.6 Å². The van der Waals surface area contributed by atoms with Crippen LogP contribution in [0.1, 0.15) is 35.1 Å². The topological polar surface area (TPSA) is 74.7 Å². The van der Waals surface area contributed by atoms with Gasteiger partial charge in [-0.15, -0.1) is 0 Å². The highest BCUT2D eigenvalue weighted by molar-refractivity contribution is 7.89. The molecule has 0 bridgehead atoms. The lowest BCUT2D eigenvalue weighted by molar-refractivity contribution is -0.142. The summed E-state index contributed by atoms with van der Waals surface area (Å²) in [6.45, 7) is 5.07. The second-order valence-corrected chi connectivity index (χ2v) is 9.39. The van der Waals surface area contributed by atoms with Crippen molar-refractivity contribution in [2.45, 2.75) is 44.0 Å². The average Bonchev–Trinajstić information content (AvgIpc) is 2.61. The number of carboxylic acids is 1. The monoisotopic (exact) mass is 425 g/mol. The van der Waals surface area contributed by atoms with Gasteiger partial charge in [-0.1, -0.05) is 30.7 Å². The van der Waals surface area contributed by atoms with Gasteiger partial charge in [0.1, 0.15) is 11.9 Å². The molecule has 0 amide bonds. The zero-order chi connectivity index (χ0) is 20.8. The number of benzene rings is 2. The summed E-state index contributed by atoms with van der Waals surface area (Å²) < 4.78 is 41.9. The Morgan fingerprint density at radius 3 is 2.57 bits per heavy atom. The largest absolute Gasteiger partial charge is 0.480 e. The maximum Gasteiger partial charge on any atom is 0.322 e. The van der Waals surface area contributed by atoms with Gasteiger partial charge in [0.25, 0.3) is 0 Å². The second-order valence-electron chi connectivity index (χ2n) is 7.09. The molecule has 0 fully saturated rings. The zero-order valence-corrected chi connectivity index (χ0v) is 17.3. The first kappa shape index (κ1) is 20.8. The SMILES string of the molecule is Cc1ccc(F)c(C(C)[C@@H](C(=O)O)N2CCc3ccc(Cl)cc3S2(=O)=O)c1C. The van der Waals surface area contributed by atoms with Crippen LogP contribution < -0.4 is 0 Å². The van der Waals surface area contributed by atoms with Crippen LogP contribution in [0.2, 0.25) is 5.02 Å². The van der Waals surface area contributed by atoms with Crippen molar-refractivity contribution in [3.05, 3.63) is 63.4 Å². The van der Waals surface area contributed by atoms with Crippen molar-refractivity contribution in [2.75, 3.05) is 6.54 Å². The minimum atomic E-state index is -4.09. The van der Waals surface area contributed by atoms with Crippen LogP contribution >= 0.6 is 11.6 Å². The van der Waals surface area contributed by atoms with Gasteiger partial charge in [-0.3, -0.25) is 4.79 Å². The number of rotatable bonds is 4. The maximum atomic E-state index is 14.6. The van der Waals surface area contributed by atoms with E-state index in [-0.39, 0.29) is 22.0 Å². The summed E-state index contributed by atoms with van der Waals surface area (Å²) in [5.41, 5.74) is 2.25. The highest BCUT2D eigenvalue weighted by Crippen LogP contribution is 2.36. The Hall–Kier alpha value is -1.96. The number of carbonyl (C=O) groups is 1. The van der Waals surface area contributed by atoms with Gasteiger partial charge >= 0.3 is 5.97 Å². The Morgan fingerprint density at radius 2 is 1.93 bits per heavy atom. The van der Waals surface area contributed by atoms with Gasteiger partial charge in [-0.25, -0.2) is 12.8 Å². The normalized spacial score (nSPS) is 18.3. The first-order valence-electron chi connectivity index (χ1n) is 8.84. The second kappa shape index (κ2) is 7.46. The fourth-order valence-electron chi connectivity index (χ4n) is 3.85. The lowest BCUT2D eigenvalue weighted by atomic mass is 9.87. The Kier molecular flexibility index (Phi) is 5.53. The van der Waals surface area contributed by atoms with Gasteiger partial charge in [-0.05, 0) is 60.7 Å². The van der Waals surface area contributed by atoms with E-state index >= 15 is 0 Å². The number of hydrogen-bond acceptors (Lipinski definition) is 3. The molecule has 5 nitrogen and oxygen atoms in total. The van der Waals surface area contributed by atoms with E-state index in [9.17, 15) is 22.7 Å². The van der Waals surface area contributed by atoms with Crippen LogP contribution in [0, 0.1) is 19.7 Å². The van der Waals surface area contributed by atoms with Crippen molar-refractivity contribution in [3.8, 4) is 0 Å². The molecule has 150 valence electrons. The molecule has 8 heteroatoms. The molecule has 1 aliphatic rings. The molecule has 1 N–H and O–H groups in total. The number of hydrogen-bond donors (Lipinski definition) is 1. The predicted molar refractivity (Wildman–Crippen MR) is 105 cm³/mol. The molecule has 1 unspecified atom stereocenters. The van der Waals surface area contributed by atoms with E-state index < -0.39 is 33.8 Å². The molecule has 0 aliphatic carbocycles. The summed E-state index contributed by atoms with van der Waals surface area (Å²) in [5.74, 6) is -2.74. The molecular formula is C20H21ClFNO4S. The summed E-state index contributed by atoms with van der Waals surface area (Å²) in [4.78, 5) is 12.1. The summed E-state index contributed by atoms with van der Waals surface area (Å²) in [5, 5.41) is 10.1. The fourth-order valence-corrected chi connectivity index (χ4v) is 6.02. The number of halogens is 2. The van der Waals surface area contributed by atoms with E-state index in [0.717, 1.165) is 9.87 Å². The number of carboxylic acid groups (broad SMARTS) is 1. The highest BCUT2D eigenvalue weighted by atomic mass is 35.5. The lowest BCUT2D eigenvalue weighted by Crippen LogP contribution is -2.50. The van der Waals surface area contributed by atoms with E-state index in [2.05, 4.69) is 0 Å². The molecular weight excluding hydrogens is 405 g/mol. The van der Waals surface area contributed by atoms with Crippen molar-refractivity contribution in [2.24, 2.45) is 0 Å². The van der Waals surface area contributed by atoms with Gasteiger partial charge < -0.3 is 5.11 Å². The third-order valence-electron chi connectivity index (χ3n) is 5.44. The van der Waals surface area contributed by atoms with E-state index in [1.54, 1.807) is 39.0 Å². The quantitative estimate of drug-likeness (QED) is 0.806. The molecule has 0 spiro atoms. The molecule has 0 saturated heterocycles. The third kappa shape index (κ3) is 3.43. The molecule has 0 aromatic heterocycles. The molecule has 3 rings (SSSR count). The Labute approximate surface area is 168 Å². The number of nitrogens with zero attached hydrogens (tertiary/aromatic N) is 1. The van der Waals surface area contributed by atoms with Crippen LogP contribution in [-0.2, 0) is 21.2 Å². The molecule has 2 aromatic rings. The van der Waals surface area contributed by atoms with Gasteiger partial charge in [-0.2, -0.15) is 4.31 Å². The number of aliphatic carboxylic acids is 1. The first-order valence-corrected chi connectivity index (χ1v) is 10.7. The Balaban J connectivity index is 2.12. The van der Waals surface area contributed by atoms with Crippen LogP contribution in [0.5, 0.6) is 0 Å². The minimum Gasteiger partial charge on any atom is -0.480 e. The van der Waals surface area contributed by atoms with Crippen molar-refractivity contribution < 1.29 is 22.7 Å². The van der Waals surface area contributed by atoms with Crippen LogP contribution in [0.15, 0.2) is 35.2 Å². The van der Waals surface area contributed by atoms with Crippen LogP contribution in [-0.4, -0.2) is 36.4 Å².